The van der Waals surface area contributed by atoms with Crippen LogP contribution in [0.25, 0.3) is 0 Å². The molecule has 2 heterocycles. The number of benzene rings is 2. The molecule has 0 atom stereocenters. The summed E-state index contributed by atoms with van der Waals surface area (Å²) in [6, 6.07) is 13.7. The second-order valence-corrected chi connectivity index (χ2v) is 10.6. The molecule has 0 aliphatic carbocycles. The molecule has 12 heteroatoms. The lowest BCUT2D eigenvalue weighted by Gasteiger charge is -2.32. The Morgan fingerprint density at radius 2 is 1.53 bits per heavy atom. The van der Waals surface area contributed by atoms with E-state index in [-0.39, 0.29) is 23.5 Å². The SMILES string of the molecule is COc1cccc(C2CCN(CCC(=O)NNC(=O)Nc3cccc(C4C(C(=O)O)=C(C)NC(C)=C4C(=O)O)c3)CC2)c1. The zero-order valence-corrected chi connectivity index (χ0v) is 24.4. The van der Waals surface area contributed by atoms with E-state index in [0.717, 1.165) is 31.7 Å². The van der Waals surface area contributed by atoms with Crippen molar-refractivity contribution in [2.24, 2.45) is 0 Å². The molecule has 2 aromatic rings. The van der Waals surface area contributed by atoms with Crippen molar-refractivity contribution in [2.75, 3.05) is 32.1 Å². The van der Waals surface area contributed by atoms with Gasteiger partial charge in [-0.25, -0.2) is 19.8 Å². The summed E-state index contributed by atoms with van der Waals surface area (Å²) < 4.78 is 5.33. The minimum atomic E-state index is -1.25. The Morgan fingerprint density at radius 3 is 2.16 bits per heavy atom. The maximum Gasteiger partial charge on any atom is 0.337 e. The summed E-state index contributed by atoms with van der Waals surface area (Å²) in [5, 5.41) is 25.1. The molecular weight excluding hydrogens is 554 g/mol. The molecule has 228 valence electrons. The fraction of sp³-hybridized carbons (Fsp3) is 0.355. The van der Waals surface area contributed by atoms with Crippen molar-refractivity contribution >= 4 is 29.6 Å². The summed E-state index contributed by atoms with van der Waals surface area (Å²) in [7, 11) is 1.66. The van der Waals surface area contributed by atoms with Gasteiger partial charge in [0, 0.05) is 30.0 Å². The molecule has 2 aliphatic rings. The van der Waals surface area contributed by atoms with E-state index >= 15 is 0 Å². The van der Waals surface area contributed by atoms with E-state index in [9.17, 15) is 29.4 Å². The van der Waals surface area contributed by atoms with Crippen LogP contribution in [0.3, 0.4) is 0 Å². The molecule has 0 aromatic heterocycles. The van der Waals surface area contributed by atoms with E-state index in [1.165, 1.54) is 11.6 Å². The molecule has 2 aliphatic heterocycles. The lowest BCUT2D eigenvalue weighted by molar-refractivity contribution is -0.133. The van der Waals surface area contributed by atoms with Crippen LogP contribution in [-0.4, -0.2) is 65.7 Å². The Balaban J connectivity index is 1.27. The molecule has 0 unspecified atom stereocenters. The highest BCUT2D eigenvalue weighted by Gasteiger charge is 2.36. The van der Waals surface area contributed by atoms with Gasteiger partial charge >= 0.3 is 18.0 Å². The van der Waals surface area contributed by atoms with Gasteiger partial charge < -0.3 is 30.5 Å². The first-order chi connectivity index (χ1) is 20.6. The van der Waals surface area contributed by atoms with E-state index in [4.69, 9.17) is 4.74 Å². The Kier molecular flexibility index (Phi) is 10.0. The average Bonchev–Trinajstić information content (AvgIpc) is 2.98. The number of anilines is 1. The molecule has 0 saturated carbocycles. The monoisotopic (exact) mass is 591 g/mol. The third-order valence-corrected chi connectivity index (χ3v) is 7.82. The number of likely N-dealkylation sites (tertiary alicyclic amines) is 1. The van der Waals surface area contributed by atoms with E-state index in [1.807, 2.05) is 12.1 Å². The number of carbonyl (C=O) groups is 4. The van der Waals surface area contributed by atoms with E-state index in [2.05, 4.69) is 38.5 Å². The lowest BCUT2D eigenvalue weighted by atomic mass is 9.80. The molecule has 12 nitrogen and oxygen atoms in total. The molecule has 43 heavy (non-hydrogen) atoms. The number of aliphatic carboxylic acids is 2. The number of hydrogen-bond acceptors (Lipinski definition) is 7. The normalized spacial score (nSPS) is 16.3. The second kappa shape index (κ2) is 13.9. The Morgan fingerprint density at radius 1 is 0.907 bits per heavy atom. The van der Waals surface area contributed by atoms with Gasteiger partial charge in [-0.1, -0.05) is 24.3 Å². The van der Waals surface area contributed by atoms with Gasteiger partial charge in [0.2, 0.25) is 5.91 Å². The number of rotatable bonds is 9. The van der Waals surface area contributed by atoms with Gasteiger partial charge in [0.25, 0.3) is 0 Å². The van der Waals surface area contributed by atoms with Crippen molar-refractivity contribution in [1.29, 1.82) is 0 Å². The molecule has 0 radical (unpaired) electrons. The molecule has 3 amide bonds. The topological polar surface area (TPSA) is 169 Å². The number of piperidine rings is 1. The van der Waals surface area contributed by atoms with Crippen LogP contribution in [0.15, 0.2) is 71.1 Å². The van der Waals surface area contributed by atoms with Crippen LogP contribution < -0.4 is 26.2 Å². The highest BCUT2D eigenvalue weighted by atomic mass is 16.5. The van der Waals surface area contributed by atoms with Gasteiger partial charge in [-0.2, -0.15) is 0 Å². The van der Waals surface area contributed by atoms with Gasteiger partial charge in [0.05, 0.1) is 24.2 Å². The first kappa shape index (κ1) is 31.1. The Bertz CT molecular complexity index is 1420. The molecule has 6 N–H and O–H groups in total. The molecule has 4 rings (SSSR count). The van der Waals surface area contributed by atoms with Crippen LogP contribution in [0.1, 0.15) is 56.1 Å². The number of hydrogen-bond donors (Lipinski definition) is 6. The zero-order valence-electron chi connectivity index (χ0n) is 24.4. The van der Waals surface area contributed by atoms with E-state index in [1.54, 1.807) is 39.2 Å². The van der Waals surface area contributed by atoms with Crippen LogP contribution in [-0.2, 0) is 14.4 Å². The van der Waals surface area contributed by atoms with Gasteiger partial charge in [0.1, 0.15) is 5.75 Å². The summed E-state index contributed by atoms with van der Waals surface area (Å²) >= 11 is 0. The van der Waals surface area contributed by atoms with Crippen molar-refractivity contribution in [3.63, 3.8) is 0 Å². The highest BCUT2D eigenvalue weighted by Crippen LogP contribution is 2.39. The number of allylic oxidation sites excluding steroid dienone is 2. The second-order valence-electron chi connectivity index (χ2n) is 10.6. The summed E-state index contributed by atoms with van der Waals surface area (Å²) in [6.45, 7) is 5.44. The van der Waals surface area contributed by atoms with Crippen LogP contribution in [0.2, 0.25) is 0 Å². The maximum atomic E-state index is 12.5. The van der Waals surface area contributed by atoms with Crippen LogP contribution in [0.5, 0.6) is 5.75 Å². The Hall–Kier alpha value is -4.84. The predicted octanol–water partition coefficient (Wildman–Crippen LogP) is 3.52. The third kappa shape index (κ3) is 7.72. The summed E-state index contributed by atoms with van der Waals surface area (Å²) in [6.07, 6.45) is 2.18. The minimum absolute atomic E-state index is 0.0959. The first-order valence-electron chi connectivity index (χ1n) is 14.0. The minimum Gasteiger partial charge on any atom is -0.497 e. The Labute approximate surface area is 249 Å². The smallest absolute Gasteiger partial charge is 0.337 e. The van der Waals surface area contributed by atoms with Crippen molar-refractivity contribution in [2.45, 2.75) is 44.9 Å². The van der Waals surface area contributed by atoms with E-state index in [0.29, 0.717) is 35.1 Å². The molecule has 2 aromatic carbocycles. The largest absolute Gasteiger partial charge is 0.497 e. The fourth-order valence-corrected chi connectivity index (χ4v) is 5.69. The number of urea groups is 1. The van der Waals surface area contributed by atoms with Gasteiger partial charge in [-0.15, -0.1) is 0 Å². The van der Waals surface area contributed by atoms with Crippen LogP contribution >= 0.6 is 0 Å². The number of nitrogens with one attached hydrogen (secondary N) is 4. The average molecular weight is 592 g/mol. The van der Waals surface area contributed by atoms with Crippen molar-refractivity contribution in [3.8, 4) is 5.75 Å². The van der Waals surface area contributed by atoms with E-state index < -0.39 is 23.9 Å². The van der Waals surface area contributed by atoms with Crippen molar-refractivity contribution in [3.05, 3.63) is 82.2 Å². The quantitative estimate of drug-likeness (QED) is 0.239. The van der Waals surface area contributed by atoms with Crippen molar-refractivity contribution in [1.82, 2.24) is 21.1 Å². The standard InChI is InChI=1S/C31H37N5O7/c1-18-26(29(38)39)28(27(30(40)41)19(2)32-18)22-7-4-8-23(16-22)33-31(42)35-34-25(37)12-15-36-13-10-20(11-14-36)21-6-5-9-24(17-21)43-3/h4-9,16-17,20,28,32H,10-15H2,1-3H3,(H,34,37)(H,38,39)(H,40,41)(H2,33,35,42). The predicted molar refractivity (Wildman–Crippen MR) is 159 cm³/mol. The number of carboxylic acids is 2. The van der Waals surface area contributed by atoms with Crippen molar-refractivity contribution < 1.29 is 34.1 Å². The number of nitrogens with zero attached hydrogens (tertiary/aromatic N) is 1. The first-order valence-corrected chi connectivity index (χ1v) is 14.0. The number of carbonyl (C=O) groups excluding carboxylic acids is 2. The summed E-state index contributed by atoms with van der Waals surface area (Å²) in [5.41, 5.74) is 7.15. The number of carboxylic acid groups (broad SMARTS) is 2. The number of ether oxygens (including phenoxy) is 1. The zero-order chi connectivity index (χ0) is 31.1. The number of methoxy groups -OCH3 is 1. The third-order valence-electron chi connectivity index (χ3n) is 7.82. The fourth-order valence-electron chi connectivity index (χ4n) is 5.69. The van der Waals surface area contributed by atoms with Gasteiger partial charge in [-0.3, -0.25) is 10.2 Å². The van der Waals surface area contributed by atoms with Gasteiger partial charge in [0.15, 0.2) is 0 Å². The molecule has 0 spiro atoms. The molecule has 0 bridgehead atoms. The number of hydrazine groups is 1. The molecule has 1 saturated heterocycles. The maximum absolute atomic E-state index is 12.5. The van der Waals surface area contributed by atoms with Crippen LogP contribution in [0.4, 0.5) is 10.5 Å². The molecule has 1 fully saturated rings. The number of amides is 3. The molecular formula is C31H37N5O7. The number of dihydropyridines is 1. The summed E-state index contributed by atoms with van der Waals surface area (Å²) in [4.78, 5) is 51.2. The summed E-state index contributed by atoms with van der Waals surface area (Å²) in [5.74, 6) is -2.59. The van der Waals surface area contributed by atoms with Crippen LogP contribution in [0, 0.1) is 0 Å². The lowest BCUT2D eigenvalue weighted by Crippen LogP contribution is -2.45. The highest BCUT2D eigenvalue weighted by molar-refractivity contribution is 5.98. The van der Waals surface area contributed by atoms with Gasteiger partial charge in [-0.05, 0) is 81.1 Å².